The van der Waals surface area contributed by atoms with Crippen LogP contribution in [0.5, 0.6) is 0 Å². The molecular formula is C16H27N. The molecule has 0 aliphatic heterocycles. The minimum Gasteiger partial charge on any atom is -0.310 e. The molecule has 0 saturated heterocycles. The summed E-state index contributed by atoms with van der Waals surface area (Å²) in [4.78, 5) is 0. The fourth-order valence-electron chi connectivity index (χ4n) is 2.17. The number of hydrogen-bond acceptors (Lipinski definition) is 1. The summed E-state index contributed by atoms with van der Waals surface area (Å²) in [7, 11) is 0. The van der Waals surface area contributed by atoms with Crippen LogP contribution in [0, 0.1) is 19.8 Å². The van der Waals surface area contributed by atoms with E-state index in [1.807, 2.05) is 0 Å². The lowest BCUT2D eigenvalue weighted by Gasteiger charge is -2.17. The van der Waals surface area contributed by atoms with Crippen molar-refractivity contribution in [2.45, 2.75) is 53.5 Å². The summed E-state index contributed by atoms with van der Waals surface area (Å²) in [6, 6.07) is 7.17. The summed E-state index contributed by atoms with van der Waals surface area (Å²) in [6.45, 7) is 12.3. The minimum absolute atomic E-state index is 0.460. The van der Waals surface area contributed by atoms with Gasteiger partial charge in [0.1, 0.15) is 0 Å². The third-order valence-electron chi connectivity index (χ3n) is 3.31. The van der Waals surface area contributed by atoms with Crippen LogP contribution >= 0.6 is 0 Å². The van der Waals surface area contributed by atoms with Gasteiger partial charge in [0, 0.05) is 6.04 Å². The van der Waals surface area contributed by atoms with Gasteiger partial charge in [0.2, 0.25) is 0 Å². The summed E-state index contributed by atoms with van der Waals surface area (Å²) >= 11 is 0. The zero-order valence-corrected chi connectivity index (χ0v) is 12.0. The summed E-state index contributed by atoms with van der Waals surface area (Å²) in [5.41, 5.74) is 4.18. The molecule has 1 unspecified atom stereocenters. The van der Waals surface area contributed by atoms with Gasteiger partial charge in [-0.15, -0.1) is 0 Å². The Morgan fingerprint density at radius 1 is 1.12 bits per heavy atom. The van der Waals surface area contributed by atoms with Gasteiger partial charge in [0.05, 0.1) is 0 Å². The van der Waals surface area contributed by atoms with E-state index in [2.05, 4.69) is 58.1 Å². The average molecular weight is 233 g/mol. The van der Waals surface area contributed by atoms with E-state index in [-0.39, 0.29) is 0 Å². The molecule has 1 aromatic rings. The largest absolute Gasteiger partial charge is 0.310 e. The molecule has 0 radical (unpaired) electrons. The highest BCUT2D eigenvalue weighted by Crippen LogP contribution is 2.18. The molecule has 0 heterocycles. The lowest BCUT2D eigenvalue weighted by Crippen LogP contribution is -2.21. The quantitative estimate of drug-likeness (QED) is 0.719. The van der Waals surface area contributed by atoms with Crippen LogP contribution in [0.1, 0.15) is 56.3 Å². The van der Waals surface area contributed by atoms with Gasteiger partial charge in [-0.25, -0.2) is 0 Å². The average Bonchev–Trinajstić information content (AvgIpc) is 2.27. The van der Waals surface area contributed by atoms with Gasteiger partial charge < -0.3 is 5.32 Å². The molecule has 0 fully saturated rings. The van der Waals surface area contributed by atoms with Gasteiger partial charge in [-0.3, -0.25) is 0 Å². The van der Waals surface area contributed by atoms with Crippen molar-refractivity contribution in [3.63, 3.8) is 0 Å². The molecule has 96 valence electrons. The Labute approximate surface area is 107 Å². The third-order valence-corrected chi connectivity index (χ3v) is 3.31. The number of nitrogens with one attached hydrogen (secondary N) is 1. The van der Waals surface area contributed by atoms with Gasteiger partial charge in [0.15, 0.2) is 0 Å². The molecule has 0 bridgehead atoms. The predicted molar refractivity (Wildman–Crippen MR) is 76.4 cm³/mol. The lowest BCUT2D eigenvalue weighted by molar-refractivity contribution is 0.496. The summed E-state index contributed by atoms with van der Waals surface area (Å²) in [5, 5.41) is 3.62. The van der Waals surface area contributed by atoms with Crippen LogP contribution in [0.25, 0.3) is 0 Å². The molecule has 0 amide bonds. The second-order valence-electron chi connectivity index (χ2n) is 5.57. The summed E-state index contributed by atoms with van der Waals surface area (Å²) in [6.07, 6.45) is 2.58. The van der Waals surface area contributed by atoms with Crippen LogP contribution in [0.15, 0.2) is 18.2 Å². The van der Waals surface area contributed by atoms with E-state index in [0.717, 1.165) is 12.5 Å². The van der Waals surface area contributed by atoms with Crippen LogP contribution in [-0.4, -0.2) is 6.54 Å². The van der Waals surface area contributed by atoms with Gasteiger partial charge in [-0.2, -0.15) is 0 Å². The SMILES string of the molecule is Cc1ccc(C)c(C(C)NCCCC(C)C)c1. The zero-order valence-electron chi connectivity index (χ0n) is 12.0. The van der Waals surface area contributed by atoms with Crippen molar-refractivity contribution < 1.29 is 0 Å². The Morgan fingerprint density at radius 3 is 2.47 bits per heavy atom. The molecule has 1 N–H and O–H groups in total. The fraction of sp³-hybridized carbons (Fsp3) is 0.625. The molecule has 0 aliphatic rings. The normalized spacial score (nSPS) is 13.1. The second-order valence-corrected chi connectivity index (χ2v) is 5.57. The molecule has 1 nitrogen and oxygen atoms in total. The van der Waals surface area contributed by atoms with Crippen molar-refractivity contribution in [3.05, 3.63) is 34.9 Å². The predicted octanol–water partition coefficient (Wildman–Crippen LogP) is 4.39. The highest BCUT2D eigenvalue weighted by Gasteiger charge is 2.07. The monoisotopic (exact) mass is 233 g/mol. The van der Waals surface area contributed by atoms with E-state index in [1.54, 1.807) is 0 Å². The fourth-order valence-corrected chi connectivity index (χ4v) is 2.17. The maximum Gasteiger partial charge on any atom is 0.0294 e. The van der Waals surface area contributed by atoms with E-state index in [4.69, 9.17) is 0 Å². The first-order valence-corrected chi connectivity index (χ1v) is 6.81. The topological polar surface area (TPSA) is 12.0 Å². The third kappa shape index (κ3) is 4.91. The van der Waals surface area contributed by atoms with Crippen LogP contribution in [-0.2, 0) is 0 Å². The Balaban J connectivity index is 2.46. The Morgan fingerprint density at radius 2 is 1.82 bits per heavy atom. The molecule has 1 atom stereocenters. The Hall–Kier alpha value is -0.820. The lowest BCUT2D eigenvalue weighted by atomic mass is 10.00. The van der Waals surface area contributed by atoms with Gasteiger partial charge in [0.25, 0.3) is 0 Å². The van der Waals surface area contributed by atoms with Gasteiger partial charge in [-0.05, 0) is 57.2 Å². The number of benzene rings is 1. The van der Waals surface area contributed by atoms with Crippen molar-refractivity contribution in [1.82, 2.24) is 5.32 Å². The smallest absolute Gasteiger partial charge is 0.0294 e. The molecular weight excluding hydrogens is 206 g/mol. The zero-order chi connectivity index (χ0) is 12.8. The van der Waals surface area contributed by atoms with Crippen molar-refractivity contribution in [2.24, 2.45) is 5.92 Å². The van der Waals surface area contributed by atoms with Crippen LogP contribution in [0.2, 0.25) is 0 Å². The molecule has 17 heavy (non-hydrogen) atoms. The number of rotatable bonds is 6. The Bertz CT molecular complexity index is 341. The van der Waals surface area contributed by atoms with E-state index in [1.165, 1.54) is 29.5 Å². The standard InChI is InChI=1S/C16H27N/c1-12(2)7-6-10-17-15(5)16-11-13(3)8-9-14(16)4/h8-9,11-12,15,17H,6-7,10H2,1-5H3. The maximum absolute atomic E-state index is 3.62. The van der Waals surface area contributed by atoms with E-state index < -0.39 is 0 Å². The van der Waals surface area contributed by atoms with Crippen LogP contribution in [0.4, 0.5) is 0 Å². The molecule has 0 aromatic heterocycles. The van der Waals surface area contributed by atoms with E-state index in [9.17, 15) is 0 Å². The molecule has 0 aliphatic carbocycles. The molecule has 1 aromatic carbocycles. The molecule has 0 saturated carbocycles. The Kier molecular flexibility index (Phi) is 5.70. The first-order chi connectivity index (χ1) is 8.00. The van der Waals surface area contributed by atoms with Crippen LogP contribution in [0.3, 0.4) is 0 Å². The van der Waals surface area contributed by atoms with E-state index >= 15 is 0 Å². The van der Waals surface area contributed by atoms with Crippen molar-refractivity contribution in [3.8, 4) is 0 Å². The highest BCUT2D eigenvalue weighted by atomic mass is 14.9. The molecule has 0 spiro atoms. The maximum atomic E-state index is 3.62. The first-order valence-electron chi connectivity index (χ1n) is 6.81. The molecule has 1 rings (SSSR count). The number of aryl methyl sites for hydroxylation is 2. The van der Waals surface area contributed by atoms with Gasteiger partial charge in [-0.1, -0.05) is 37.6 Å². The second kappa shape index (κ2) is 6.80. The minimum atomic E-state index is 0.460. The van der Waals surface area contributed by atoms with Crippen LogP contribution < -0.4 is 5.32 Å². The van der Waals surface area contributed by atoms with Crippen molar-refractivity contribution in [1.29, 1.82) is 0 Å². The van der Waals surface area contributed by atoms with Crippen molar-refractivity contribution >= 4 is 0 Å². The number of hydrogen-bond donors (Lipinski definition) is 1. The highest BCUT2D eigenvalue weighted by molar-refractivity contribution is 5.32. The summed E-state index contributed by atoms with van der Waals surface area (Å²) < 4.78 is 0. The first kappa shape index (κ1) is 14.2. The summed E-state index contributed by atoms with van der Waals surface area (Å²) in [5.74, 6) is 0.813. The van der Waals surface area contributed by atoms with Crippen molar-refractivity contribution in [2.75, 3.05) is 6.54 Å². The van der Waals surface area contributed by atoms with Gasteiger partial charge >= 0.3 is 0 Å². The van der Waals surface area contributed by atoms with E-state index in [0.29, 0.717) is 6.04 Å². The molecule has 1 heteroatoms.